The maximum Gasteiger partial charge on any atom is 0.423 e. The zero-order valence-corrected chi connectivity index (χ0v) is 15.5. The zero-order chi connectivity index (χ0) is 16.8. The second-order valence-corrected chi connectivity index (χ2v) is 5.76. The summed E-state index contributed by atoms with van der Waals surface area (Å²) in [5.74, 6) is 0. The predicted octanol–water partition coefficient (Wildman–Crippen LogP) is 4.59. The highest BCUT2D eigenvalue weighted by Gasteiger charge is 2.21. The van der Waals surface area contributed by atoms with Crippen molar-refractivity contribution in [2.45, 2.75) is 65.5 Å². The number of ether oxygens (including phenoxy) is 1. The molecule has 0 radical (unpaired) electrons. The van der Waals surface area contributed by atoms with Crippen molar-refractivity contribution >= 4 is 29.5 Å². The van der Waals surface area contributed by atoms with Crippen LogP contribution in [0, 0.1) is 0 Å². The average Bonchev–Trinajstić information content (AvgIpc) is 2.85. The Morgan fingerprint density at radius 3 is 2.38 bits per heavy atom. The first kappa shape index (κ1) is 20.3. The van der Waals surface area contributed by atoms with E-state index < -0.39 is 6.09 Å². The fourth-order valence-corrected chi connectivity index (χ4v) is 2.85. The number of imidazole rings is 1. The predicted molar refractivity (Wildman–Crippen MR) is 99.2 cm³/mol. The number of hydrogen-bond acceptors (Lipinski definition) is 3. The number of aryl methyl sites for hydroxylation is 1. The van der Waals surface area contributed by atoms with Gasteiger partial charge in [0.25, 0.3) is 0 Å². The normalized spacial score (nSPS) is 12.0. The first-order valence-electron chi connectivity index (χ1n) is 8.55. The molecule has 1 atom stereocenters. The van der Waals surface area contributed by atoms with Gasteiger partial charge in [-0.3, -0.25) is 4.57 Å². The van der Waals surface area contributed by atoms with E-state index in [1.165, 1.54) is 0 Å². The minimum absolute atomic E-state index is 0. The lowest BCUT2D eigenvalue weighted by Gasteiger charge is -2.16. The van der Waals surface area contributed by atoms with E-state index in [-0.39, 0.29) is 24.2 Å². The van der Waals surface area contributed by atoms with Crippen LogP contribution in [0.25, 0.3) is 11.0 Å². The number of nitrogens with zero attached hydrogens (tertiary/aromatic N) is 2. The van der Waals surface area contributed by atoms with Crippen LogP contribution in [-0.4, -0.2) is 21.3 Å². The topological polar surface area (TPSA) is 53.2 Å². The highest BCUT2D eigenvalue weighted by atomic mass is 35.5. The SMILES string of the molecule is CCCCCC(CC)OC(=O)n1c(=O)n(CC)c2ccccc21.Cl. The number of rotatable bonds is 7. The monoisotopic (exact) mass is 354 g/mol. The average molecular weight is 355 g/mol. The summed E-state index contributed by atoms with van der Waals surface area (Å²) in [5, 5.41) is 0. The standard InChI is InChI=1S/C18H26N2O3.ClH/c1-4-7-8-11-14(5-2)23-18(22)20-16-13-10-9-12-15(16)19(6-3)17(20)21;/h9-10,12-14H,4-8,11H2,1-3H3;1H. The van der Waals surface area contributed by atoms with Gasteiger partial charge in [0.05, 0.1) is 11.0 Å². The molecule has 6 heteroatoms. The third-order valence-corrected chi connectivity index (χ3v) is 4.19. The zero-order valence-electron chi connectivity index (χ0n) is 14.7. The van der Waals surface area contributed by atoms with Gasteiger partial charge in [-0.05, 0) is 38.3 Å². The summed E-state index contributed by atoms with van der Waals surface area (Å²) in [6.45, 7) is 6.56. The van der Waals surface area contributed by atoms with E-state index in [2.05, 4.69) is 6.92 Å². The summed E-state index contributed by atoms with van der Waals surface area (Å²) in [6, 6.07) is 7.32. The third kappa shape index (κ3) is 4.20. The quantitative estimate of drug-likeness (QED) is 0.683. The summed E-state index contributed by atoms with van der Waals surface area (Å²) in [5.41, 5.74) is 1.03. The van der Waals surface area contributed by atoms with Crippen LogP contribution in [-0.2, 0) is 11.3 Å². The summed E-state index contributed by atoms with van der Waals surface area (Å²) >= 11 is 0. The molecule has 1 unspecified atom stereocenters. The molecular formula is C18H27ClN2O3. The van der Waals surface area contributed by atoms with E-state index in [9.17, 15) is 9.59 Å². The number of carbonyl (C=O) groups is 1. The van der Waals surface area contributed by atoms with E-state index >= 15 is 0 Å². The van der Waals surface area contributed by atoms with Crippen molar-refractivity contribution < 1.29 is 9.53 Å². The lowest BCUT2D eigenvalue weighted by atomic mass is 10.1. The smallest absolute Gasteiger partial charge is 0.423 e. The van der Waals surface area contributed by atoms with E-state index in [0.29, 0.717) is 12.1 Å². The first-order valence-corrected chi connectivity index (χ1v) is 8.55. The number of unbranched alkanes of at least 4 members (excludes halogenated alkanes) is 2. The van der Waals surface area contributed by atoms with Crippen molar-refractivity contribution in [2.24, 2.45) is 0 Å². The molecule has 0 N–H and O–H groups in total. The molecule has 134 valence electrons. The molecule has 2 rings (SSSR count). The first-order chi connectivity index (χ1) is 11.1. The van der Waals surface area contributed by atoms with Crippen molar-refractivity contribution in [3.8, 4) is 0 Å². The maximum absolute atomic E-state index is 12.5. The molecule has 24 heavy (non-hydrogen) atoms. The Hall–Kier alpha value is -1.75. The van der Waals surface area contributed by atoms with Crippen LogP contribution in [0.3, 0.4) is 0 Å². The Morgan fingerprint density at radius 1 is 1.12 bits per heavy atom. The van der Waals surface area contributed by atoms with E-state index in [4.69, 9.17) is 4.74 Å². The Balaban J connectivity index is 0.00000288. The second-order valence-electron chi connectivity index (χ2n) is 5.76. The largest absolute Gasteiger partial charge is 0.446 e. The molecule has 0 saturated carbocycles. The number of hydrogen-bond donors (Lipinski definition) is 0. The number of para-hydroxylation sites is 2. The van der Waals surface area contributed by atoms with E-state index in [1.807, 2.05) is 32.0 Å². The summed E-state index contributed by atoms with van der Waals surface area (Å²) in [7, 11) is 0. The number of benzene rings is 1. The van der Waals surface area contributed by atoms with Gasteiger partial charge in [0.2, 0.25) is 0 Å². The minimum atomic E-state index is -0.568. The molecule has 1 heterocycles. The van der Waals surface area contributed by atoms with Crippen LogP contribution in [0.1, 0.15) is 52.9 Å². The van der Waals surface area contributed by atoms with Crippen LogP contribution in [0.4, 0.5) is 4.79 Å². The lowest BCUT2D eigenvalue weighted by Crippen LogP contribution is -2.32. The van der Waals surface area contributed by atoms with Crippen LogP contribution in [0.5, 0.6) is 0 Å². The third-order valence-electron chi connectivity index (χ3n) is 4.19. The fraction of sp³-hybridized carbons (Fsp3) is 0.556. The molecule has 1 aromatic heterocycles. The van der Waals surface area contributed by atoms with Gasteiger partial charge in [-0.25, -0.2) is 9.59 Å². The number of aromatic nitrogens is 2. The molecule has 0 saturated heterocycles. The number of fused-ring (bicyclic) bond motifs is 1. The molecule has 0 fully saturated rings. The second kappa shape index (κ2) is 9.52. The maximum atomic E-state index is 12.5. The molecule has 5 nitrogen and oxygen atoms in total. The van der Waals surface area contributed by atoms with Gasteiger partial charge >= 0.3 is 11.8 Å². The number of halogens is 1. The van der Waals surface area contributed by atoms with Crippen LogP contribution >= 0.6 is 12.4 Å². The molecule has 0 amide bonds. The number of carbonyl (C=O) groups excluding carboxylic acids is 1. The van der Waals surface area contributed by atoms with Crippen LogP contribution < -0.4 is 5.69 Å². The molecule has 0 bridgehead atoms. The van der Waals surface area contributed by atoms with Crippen molar-refractivity contribution in [3.63, 3.8) is 0 Å². The highest BCUT2D eigenvalue weighted by molar-refractivity contribution is 5.87. The van der Waals surface area contributed by atoms with Crippen molar-refractivity contribution in [3.05, 3.63) is 34.7 Å². The molecule has 0 aliphatic rings. The van der Waals surface area contributed by atoms with E-state index in [0.717, 1.165) is 42.2 Å². The van der Waals surface area contributed by atoms with Crippen LogP contribution in [0.2, 0.25) is 0 Å². The molecule has 1 aromatic carbocycles. The fourth-order valence-electron chi connectivity index (χ4n) is 2.85. The Morgan fingerprint density at radius 2 is 1.79 bits per heavy atom. The van der Waals surface area contributed by atoms with Crippen molar-refractivity contribution in [1.82, 2.24) is 9.13 Å². The minimum Gasteiger partial charge on any atom is -0.446 e. The lowest BCUT2D eigenvalue weighted by molar-refractivity contribution is 0.0898. The van der Waals surface area contributed by atoms with Gasteiger partial charge in [0.15, 0.2) is 0 Å². The van der Waals surface area contributed by atoms with Gasteiger partial charge in [-0.15, -0.1) is 12.4 Å². The van der Waals surface area contributed by atoms with Gasteiger partial charge in [0, 0.05) is 6.54 Å². The van der Waals surface area contributed by atoms with Gasteiger partial charge in [-0.1, -0.05) is 38.8 Å². The summed E-state index contributed by atoms with van der Waals surface area (Å²) in [4.78, 5) is 25.1. The van der Waals surface area contributed by atoms with Crippen molar-refractivity contribution in [1.29, 1.82) is 0 Å². The summed E-state index contributed by atoms with van der Waals surface area (Å²) < 4.78 is 8.34. The van der Waals surface area contributed by atoms with Gasteiger partial charge in [-0.2, -0.15) is 4.57 Å². The molecule has 0 spiro atoms. The molecule has 0 aliphatic heterocycles. The Kier molecular flexibility index (Phi) is 8.05. The van der Waals surface area contributed by atoms with E-state index in [1.54, 1.807) is 10.6 Å². The van der Waals surface area contributed by atoms with Gasteiger partial charge in [0.1, 0.15) is 6.10 Å². The highest BCUT2D eigenvalue weighted by Crippen LogP contribution is 2.15. The Bertz CT molecular complexity index is 721. The van der Waals surface area contributed by atoms with Crippen LogP contribution in [0.15, 0.2) is 29.1 Å². The van der Waals surface area contributed by atoms with Gasteiger partial charge < -0.3 is 4.74 Å². The summed E-state index contributed by atoms with van der Waals surface area (Å²) in [6.07, 6.45) is 4.20. The van der Waals surface area contributed by atoms with Crippen molar-refractivity contribution in [2.75, 3.05) is 0 Å². The molecular weight excluding hydrogens is 328 g/mol. The molecule has 0 aliphatic carbocycles. The molecule has 2 aromatic rings. The Labute approximate surface area is 149 Å².